The summed E-state index contributed by atoms with van der Waals surface area (Å²) in [4.78, 5) is 32.8. The second-order valence-corrected chi connectivity index (χ2v) is 11.9. The molecule has 1 amide bonds. The maximum atomic E-state index is 14.5. The SMILES string of the molecule is CCN(CC)c1ccc([C@@H]2C3=C(C[C@@H](c4ccc(F)cc4)CC3=O)Nc3ccccc3N2C(=O)c2ccc(Cl)c(Cl)c2)cc1. The molecule has 224 valence electrons. The molecule has 0 unspecified atom stereocenters. The van der Waals surface area contributed by atoms with Gasteiger partial charge in [0.2, 0.25) is 0 Å². The zero-order valence-corrected chi connectivity index (χ0v) is 26.0. The Kier molecular flexibility index (Phi) is 8.48. The van der Waals surface area contributed by atoms with Crippen LogP contribution < -0.4 is 15.1 Å². The summed E-state index contributed by atoms with van der Waals surface area (Å²) in [5.74, 6) is -0.824. The quantitative estimate of drug-likeness (QED) is 0.231. The molecule has 8 heteroatoms. The van der Waals surface area contributed by atoms with Crippen molar-refractivity contribution >= 4 is 52.0 Å². The monoisotopic (exact) mass is 627 g/mol. The minimum atomic E-state index is -0.712. The maximum Gasteiger partial charge on any atom is 0.259 e. The minimum Gasteiger partial charge on any atom is -0.372 e. The van der Waals surface area contributed by atoms with Crippen molar-refractivity contribution in [2.45, 2.75) is 38.6 Å². The molecular weight excluding hydrogens is 596 g/mol. The molecule has 0 saturated carbocycles. The number of Topliss-reactive ketones (excluding diaryl/α,β-unsaturated/α-hetero) is 1. The molecule has 1 heterocycles. The maximum absolute atomic E-state index is 14.5. The fourth-order valence-corrected chi connectivity index (χ4v) is 6.62. The van der Waals surface area contributed by atoms with Crippen LogP contribution in [0.2, 0.25) is 10.0 Å². The van der Waals surface area contributed by atoms with Gasteiger partial charge in [-0.3, -0.25) is 14.5 Å². The predicted molar refractivity (Wildman–Crippen MR) is 176 cm³/mol. The third-order valence-corrected chi connectivity index (χ3v) is 9.29. The summed E-state index contributed by atoms with van der Waals surface area (Å²) in [5.41, 5.74) is 5.78. The van der Waals surface area contributed by atoms with E-state index in [-0.39, 0.29) is 34.9 Å². The first kappa shape index (κ1) is 29.9. The molecule has 0 bridgehead atoms. The minimum absolute atomic E-state index is 0.0642. The average Bonchev–Trinajstić information content (AvgIpc) is 3.18. The zero-order chi connectivity index (χ0) is 31.0. The number of benzene rings is 4. The molecule has 1 aliphatic carbocycles. The van der Waals surface area contributed by atoms with Gasteiger partial charge in [0.15, 0.2) is 5.78 Å². The number of amides is 1. The smallest absolute Gasteiger partial charge is 0.259 e. The number of hydrogen-bond acceptors (Lipinski definition) is 4. The van der Waals surface area contributed by atoms with Crippen molar-refractivity contribution in [1.29, 1.82) is 0 Å². The number of rotatable bonds is 6. The molecular formula is C36H32Cl2FN3O2. The number of halogens is 3. The van der Waals surface area contributed by atoms with Gasteiger partial charge in [0, 0.05) is 42.0 Å². The highest BCUT2D eigenvalue weighted by molar-refractivity contribution is 6.42. The van der Waals surface area contributed by atoms with E-state index in [0.29, 0.717) is 34.0 Å². The van der Waals surface area contributed by atoms with E-state index < -0.39 is 6.04 Å². The van der Waals surface area contributed by atoms with Crippen molar-refractivity contribution in [3.8, 4) is 0 Å². The Morgan fingerprint density at radius 1 is 0.886 bits per heavy atom. The van der Waals surface area contributed by atoms with Crippen LogP contribution in [0.15, 0.2) is 102 Å². The number of carbonyl (C=O) groups is 2. The lowest BCUT2D eigenvalue weighted by atomic mass is 9.78. The van der Waals surface area contributed by atoms with E-state index in [2.05, 4.69) is 24.1 Å². The first-order valence-corrected chi connectivity index (χ1v) is 15.6. The number of ketones is 1. The molecule has 1 N–H and O–H groups in total. The van der Waals surface area contributed by atoms with Crippen LogP contribution in [0.25, 0.3) is 0 Å². The van der Waals surface area contributed by atoms with Crippen LogP contribution in [0.4, 0.5) is 21.5 Å². The molecule has 4 aromatic rings. The van der Waals surface area contributed by atoms with Crippen molar-refractivity contribution in [2.24, 2.45) is 0 Å². The highest BCUT2D eigenvalue weighted by Crippen LogP contribution is 2.48. The van der Waals surface area contributed by atoms with Gasteiger partial charge in [-0.2, -0.15) is 0 Å². The lowest BCUT2D eigenvalue weighted by Gasteiger charge is -2.35. The molecule has 4 aromatic carbocycles. The Bertz CT molecular complexity index is 1750. The van der Waals surface area contributed by atoms with Gasteiger partial charge in [-0.05, 0) is 91.9 Å². The Labute approximate surface area is 266 Å². The number of anilines is 3. The van der Waals surface area contributed by atoms with Crippen molar-refractivity contribution in [3.63, 3.8) is 0 Å². The van der Waals surface area contributed by atoms with Crippen molar-refractivity contribution in [3.05, 3.63) is 135 Å². The van der Waals surface area contributed by atoms with Gasteiger partial charge in [0.1, 0.15) is 5.82 Å². The zero-order valence-electron chi connectivity index (χ0n) is 24.5. The molecule has 0 saturated heterocycles. The van der Waals surface area contributed by atoms with Gasteiger partial charge < -0.3 is 10.2 Å². The van der Waals surface area contributed by atoms with Gasteiger partial charge in [-0.15, -0.1) is 0 Å². The summed E-state index contributed by atoms with van der Waals surface area (Å²) < 4.78 is 13.7. The van der Waals surface area contributed by atoms with Crippen molar-refractivity contribution in [2.75, 3.05) is 28.2 Å². The Morgan fingerprint density at radius 2 is 1.57 bits per heavy atom. The van der Waals surface area contributed by atoms with Crippen LogP contribution in [0, 0.1) is 5.82 Å². The number of carbonyl (C=O) groups excluding carboxylic acids is 2. The standard InChI is InChI=1S/C36H32Cl2FN3O2/c1-3-41(4-2)27-16-11-23(12-17-27)35-34-31(20-25(21-33(34)43)22-9-14-26(39)15-10-22)40-30-7-5-6-8-32(30)42(35)36(44)24-13-18-28(37)29(38)19-24/h5-19,25,35,40H,3-4,20-21H2,1-2H3/t25-,35-/m1/s1. The van der Waals surface area contributed by atoms with Crippen LogP contribution in [0.3, 0.4) is 0 Å². The van der Waals surface area contributed by atoms with Crippen molar-refractivity contribution in [1.82, 2.24) is 0 Å². The van der Waals surface area contributed by atoms with E-state index in [1.54, 1.807) is 35.2 Å². The molecule has 2 atom stereocenters. The van der Waals surface area contributed by atoms with E-state index in [4.69, 9.17) is 23.2 Å². The van der Waals surface area contributed by atoms with Crippen LogP contribution in [0.1, 0.15) is 60.1 Å². The Balaban J connectivity index is 1.54. The van der Waals surface area contributed by atoms with Gasteiger partial charge in [0.05, 0.1) is 27.5 Å². The topological polar surface area (TPSA) is 52.7 Å². The van der Waals surface area contributed by atoms with E-state index in [1.807, 2.05) is 48.5 Å². The number of nitrogens with zero attached hydrogens (tertiary/aromatic N) is 2. The molecule has 1 aliphatic heterocycles. The Morgan fingerprint density at radius 3 is 2.25 bits per heavy atom. The summed E-state index contributed by atoms with van der Waals surface area (Å²) in [6.07, 6.45) is 0.773. The summed E-state index contributed by atoms with van der Waals surface area (Å²) in [6, 6.07) is 26.1. The van der Waals surface area contributed by atoms with Crippen LogP contribution in [0.5, 0.6) is 0 Å². The molecule has 6 rings (SSSR count). The predicted octanol–water partition coefficient (Wildman–Crippen LogP) is 9.19. The molecule has 2 aliphatic rings. The second-order valence-electron chi connectivity index (χ2n) is 11.1. The molecule has 0 spiro atoms. The van der Waals surface area contributed by atoms with Gasteiger partial charge >= 0.3 is 0 Å². The van der Waals surface area contributed by atoms with E-state index in [0.717, 1.165) is 35.6 Å². The number of fused-ring (bicyclic) bond motifs is 1. The Hall–Kier alpha value is -4.13. The average molecular weight is 629 g/mol. The molecule has 0 fully saturated rings. The highest BCUT2D eigenvalue weighted by atomic mass is 35.5. The molecule has 5 nitrogen and oxygen atoms in total. The first-order chi connectivity index (χ1) is 21.3. The van der Waals surface area contributed by atoms with Crippen LogP contribution in [-0.2, 0) is 4.79 Å². The largest absolute Gasteiger partial charge is 0.372 e. The van der Waals surface area contributed by atoms with Crippen LogP contribution >= 0.6 is 23.2 Å². The van der Waals surface area contributed by atoms with E-state index in [9.17, 15) is 14.0 Å². The summed E-state index contributed by atoms with van der Waals surface area (Å²) in [6.45, 7) is 5.94. The number of para-hydroxylation sites is 2. The van der Waals surface area contributed by atoms with Crippen LogP contribution in [-0.4, -0.2) is 24.8 Å². The summed E-state index contributed by atoms with van der Waals surface area (Å²) in [7, 11) is 0. The van der Waals surface area contributed by atoms with Gasteiger partial charge in [-0.25, -0.2) is 4.39 Å². The lowest BCUT2D eigenvalue weighted by molar-refractivity contribution is -0.116. The summed E-state index contributed by atoms with van der Waals surface area (Å²) in [5, 5.41) is 4.17. The molecule has 0 aromatic heterocycles. The van der Waals surface area contributed by atoms with Crippen molar-refractivity contribution < 1.29 is 14.0 Å². The normalized spacial score (nSPS) is 17.8. The number of allylic oxidation sites excluding steroid dienone is 1. The third kappa shape index (κ3) is 5.60. The van der Waals surface area contributed by atoms with E-state index in [1.165, 1.54) is 12.1 Å². The highest BCUT2D eigenvalue weighted by Gasteiger charge is 2.42. The fourth-order valence-electron chi connectivity index (χ4n) is 6.32. The van der Waals surface area contributed by atoms with Gasteiger partial charge in [-0.1, -0.05) is 59.6 Å². The fraction of sp³-hybridized carbons (Fsp3) is 0.222. The van der Waals surface area contributed by atoms with Gasteiger partial charge in [0.25, 0.3) is 5.91 Å². The molecule has 0 radical (unpaired) electrons. The van der Waals surface area contributed by atoms with E-state index >= 15 is 0 Å². The summed E-state index contributed by atoms with van der Waals surface area (Å²) >= 11 is 12.6. The first-order valence-electron chi connectivity index (χ1n) is 14.8. The number of nitrogens with one attached hydrogen (secondary N) is 1. The lowest BCUT2D eigenvalue weighted by Crippen LogP contribution is -2.38. The second kappa shape index (κ2) is 12.5. The third-order valence-electron chi connectivity index (χ3n) is 8.55. The molecule has 44 heavy (non-hydrogen) atoms. The number of hydrogen-bond donors (Lipinski definition) is 1.